The van der Waals surface area contributed by atoms with Gasteiger partial charge in [-0.2, -0.15) is 5.10 Å². The summed E-state index contributed by atoms with van der Waals surface area (Å²) in [7, 11) is 0. The lowest BCUT2D eigenvalue weighted by Gasteiger charge is -2.33. The number of carbonyl (C=O) groups is 3. The molecule has 2 aromatic heterocycles. The maximum atomic E-state index is 12.9. The Labute approximate surface area is 232 Å². The lowest BCUT2D eigenvalue weighted by Crippen LogP contribution is -2.41. The second kappa shape index (κ2) is 11.6. The van der Waals surface area contributed by atoms with E-state index in [1.54, 1.807) is 25.7 Å². The van der Waals surface area contributed by atoms with E-state index in [2.05, 4.69) is 20.1 Å². The van der Waals surface area contributed by atoms with Crippen LogP contribution in [0.1, 0.15) is 61.1 Å². The molecular formula is C27H30F3N5O6. The number of H-pyrrole nitrogens is 1. The van der Waals surface area contributed by atoms with Gasteiger partial charge in [-0.25, -0.2) is 9.31 Å². The first-order chi connectivity index (χ1) is 19.2. The average Bonchev–Trinajstić information content (AvgIpc) is 3.30. The molecule has 0 unspecified atom stereocenters. The van der Waals surface area contributed by atoms with Crippen molar-refractivity contribution >= 4 is 23.4 Å². The van der Waals surface area contributed by atoms with E-state index in [1.165, 1.54) is 28.9 Å². The molecule has 0 saturated carbocycles. The first-order valence-electron chi connectivity index (χ1n) is 12.9. The number of halogens is 3. The molecule has 1 fully saturated rings. The number of piperidine rings is 1. The Morgan fingerprint density at radius 2 is 1.76 bits per heavy atom. The molecule has 1 aliphatic rings. The standard InChI is InChI=1S/C27H30F3N5O6/c1-26(2,3)41-25(39)34-10-8-17(9-11-34)21-13-22(37)33-23-20(15-32-35(21)23)24(38)31-14-18(36)12-16-4-6-19(7-5-16)40-27(28,29)30/h4-7,13,15,17H,8-12,14H2,1-3H3,(H,31,38)(H,33,37). The molecule has 0 radical (unpaired) electrons. The monoisotopic (exact) mass is 577 g/mol. The highest BCUT2D eigenvalue weighted by molar-refractivity contribution is 6.01. The van der Waals surface area contributed by atoms with Crippen LogP contribution in [0.15, 0.2) is 41.3 Å². The van der Waals surface area contributed by atoms with E-state index in [1.807, 2.05) is 0 Å². The fourth-order valence-electron chi connectivity index (χ4n) is 4.53. The number of aromatic nitrogens is 3. The number of fused-ring (bicyclic) bond motifs is 1. The van der Waals surface area contributed by atoms with Gasteiger partial charge >= 0.3 is 12.5 Å². The number of hydrogen-bond donors (Lipinski definition) is 2. The van der Waals surface area contributed by atoms with Crippen LogP contribution >= 0.6 is 0 Å². The first kappa shape index (κ1) is 29.6. The van der Waals surface area contributed by atoms with Crippen LogP contribution in [0.3, 0.4) is 0 Å². The molecule has 3 aromatic rings. The van der Waals surface area contributed by atoms with Crippen molar-refractivity contribution in [3.63, 3.8) is 0 Å². The maximum absolute atomic E-state index is 12.9. The number of ether oxygens (including phenoxy) is 2. The molecule has 0 bridgehead atoms. The predicted octanol–water partition coefficient (Wildman–Crippen LogP) is 3.58. The Bertz CT molecular complexity index is 1480. The summed E-state index contributed by atoms with van der Waals surface area (Å²) >= 11 is 0. The lowest BCUT2D eigenvalue weighted by atomic mass is 9.93. The van der Waals surface area contributed by atoms with Crippen molar-refractivity contribution in [2.75, 3.05) is 19.6 Å². The third kappa shape index (κ3) is 7.86. The number of nitrogens with zero attached hydrogens (tertiary/aromatic N) is 3. The van der Waals surface area contributed by atoms with Gasteiger partial charge in [-0.3, -0.25) is 14.4 Å². The summed E-state index contributed by atoms with van der Waals surface area (Å²) in [5, 5.41) is 6.79. The van der Waals surface area contributed by atoms with Crippen LogP contribution in [0.4, 0.5) is 18.0 Å². The number of ketones is 1. The number of hydrogen-bond acceptors (Lipinski definition) is 7. The third-order valence-corrected chi connectivity index (χ3v) is 6.35. The van der Waals surface area contributed by atoms with Crippen molar-refractivity contribution in [2.24, 2.45) is 0 Å². The van der Waals surface area contributed by atoms with E-state index in [0.717, 1.165) is 12.1 Å². The number of carbonyl (C=O) groups excluding carboxylic acids is 3. The van der Waals surface area contributed by atoms with Gasteiger partial charge in [0.05, 0.1) is 18.4 Å². The maximum Gasteiger partial charge on any atom is 0.573 e. The summed E-state index contributed by atoms with van der Waals surface area (Å²) in [4.78, 5) is 54.4. The van der Waals surface area contributed by atoms with Crippen LogP contribution in [0.2, 0.25) is 0 Å². The molecule has 1 aromatic carbocycles. The predicted molar refractivity (Wildman–Crippen MR) is 140 cm³/mol. The van der Waals surface area contributed by atoms with Crippen LogP contribution in [0.5, 0.6) is 5.75 Å². The molecule has 3 heterocycles. The minimum atomic E-state index is -4.82. The number of amides is 2. The molecule has 1 saturated heterocycles. The number of Topliss-reactive ketones (excluding diaryl/α,β-unsaturated/α-hetero) is 1. The topological polar surface area (TPSA) is 135 Å². The Hall–Kier alpha value is -4.36. The number of alkyl halides is 3. The van der Waals surface area contributed by atoms with Crippen LogP contribution in [0.25, 0.3) is 5.65 Å². The van der Waals surface area contributed by atoms with Gasteiger partial charge in [0, 0.05) is 31.5 Å². The summed E-state index contributed by atoms with van der Waals surface area (Å²) in [6.07, 6.45) is -2.90. The van der Waals surface area contributed by atoms with Crippen molar-refractivity contribution in [1.29, 1.82) is 0 Å². The Morgan fingerprint density at radius 3 is 2.37 bits per heavy atom. The van der Waals surface area contributed by atoms with Crippen molar-refractivity contribution in [1.82, 2.24) is 24.8 Å². The van der Waals surface area contributed by atoms with Crippen LogP contribution in [-0.4, -0.2) is 68.9 Å². The normalized spacial score (nSPS) is 14.6. The molecule has 0 aliphatic carbocycles. The van der Waals surface area contributed by atoms with Crippen molar-refractivity contribution < 1.29 is 37.0 Å². The molecule has 41 heavy (non-hydrogen) atoms. The van der Waals surface area contributed by atoms with Gasteiger partial charge in [-0.05, 0) is 51.3 Å². The van der Waals surface area contributed by atoms with Gasteiger partial charge in [0.1, 0.15) is 22.6 Å². The molecule has 0 spiro atoms. The number of rotatable bonds is 7. The highest BCUT2D eigenvalue weighted by Crippen LogP contribution is 2.29. The van der Waals surface area contributed by atoms with Gasteiger partial charge in [0.15, 0.2) is 5.78 Å². The zero-order valence-corrected chi connectivity index (χ0v) is 22.7. The molecule has 2 amide bonds. The van der Waals surface area contributed by atoms with Gasteiger partial charge in [-0.15, -0.1) is 13.2 Å². The van der Waals surface area contributed by atoms with Crippen molar-refractivity contribution in [3.05, 3.63) is 63.7 Å². The van der Waals surface area contributed by atoms with Crippen LogP contribution in [0, 0.1) is 0 Å². The van der Waals surface area contributed by atoms with E-state index in [4.69, 9.17) is 4.74 Å². The third-order valence-electron chi connectivity index (χ3n) is 6.35. The minimum Gasteiger partial charge on any atom is -0.444 e. The highest BCUT2D eigenvalue weighted by atomic mass is 19.4. The number of benzene rings is 1. The second-order valence-electron chi connectivity index (χ2n) is 10.7. The quantitative estimate of drug-likeness (QED) is 0.438. The molecule has 1 aliphatic heterocycles. The number of nitrogens with one attached hydrogen (secondary N) is 2. The van der Waals surface area contributed by atoms with Gasteiger partial charge in [0.2, 0.25) is 0 Å². The van der Waals surface area contributed by atoms with Crippen molar-refractivity contribution in [2.45, 2.75) is 57.9 Å². The molecular weight excluding hydrogens is 547 g/mol. The van der Waals surface area contributed by atoms with E-state index in [0.29, 0.717) is 37.2 Å². The summed E-state index contributed by atoms with van der Waals surface area (Å²) < 4.78 is 47.6. The summed E-state index contributed by atoms with van der Waals surface area (Å²) in [5.74, 6) is -1.51. The summed E-state index contributed by atoms with van der Waals surface area (Å²) in [5.41, 5.74) is 0.251. The van der Waals surface area contributed by atoms with E-state index in [9.17, 15) is 32.3 Å². The zero-order valence-electron chi connectivity index (χ0n) is 22.7. The molecule has 0 atom stereocenters. The van der Waals surface area contributed by atoms with Gasteiger partial charge < -0.3 is 24.7 Å². The Morgan fingerprint density at radius 1 is 1.10 bits per heavy atom. The van der Waals surface area contributed by atoms with Crippen molar-refractivity contribution in [3.8, 4) is 5.75 Å². The summed E-state index contributed by atoms with van der Waals surface area (Å²) in [6, 6.07) is 6.28. The first-order valence-corrected chi connectivity index (χ1v) is 12.9. The van der Waals surface area contributed by atoms with E-state index >= 15 is 0 Å². The van der Waals surface area contributed by atoms with E-state index < -0.39 is 35.3 Å². The van der Waals surface area contributed by atoms with E-state index in [-0.39, 0.29) is 35.9 Å². The fourth-order valence-corrected chi connectivity index (χ4v) is 4.53. The number of likely N-dealkylation sites (tertiary alicyclic amines) is 1. The fraction of sp³-hybridized carbons (Fsp3) is 0.444. The SMILES string of the molecule is CC(C)(C)OC(=O)N1CCC(c2cc(=O)[nH]c3c(C(=O)NCC(=O)Cc4ccc(OC(F)(F)F)cc4)cnn23)CC1. The average molecular weight is 578 g/mol. The van der Waals surface area contributed by atoms with Gasteiger partial charge in [0.25, 0.3) is 11.5 Å². The van der Waals surface area contributed by atoms with Crippen LogP contribution < -0.4 is 15.6 Å². The summed E-state index contributed by atoms with van der Waals surface area (Å²) in [6.45, 7) is 5.91. The second-order valence-corrected chi connectivity index (χ2v) is 10.7. The lowest BCUT2D eigenvalue weighted by molar-refractivity contribution is -0.274. The molecule has 2 N–H and O–H groups in total. The molecule has 4 rings (SSSR count). The Balaban J connectivity index is 1.38. The molecule has 11 nitrogen and oxygen atoms in total. The zero-order chi connectivity index (χ0) is 29.9. The largest absolute Gasteiger partial charge is 0.573 e. The number of aromatic amines is 1. The Kier molecular flexibility index (Phi) is 8.40. The van der Waals surface area contributed by atoms with Crippen LogP contribution in [-0.2, 0) is 16.0 Å². The highest BCUT2D eigenvalue weighted by Gasteiger charge is 2.31. The van der Waals surface area contributed by atoms with Gasteiger partial charge in [-0.1, -0.05) is 12.1 Å². The molecule has 14 heteroatoms. The minimum absolute atomic E-state index is 0.0663. The molecule has 220 valence electrons. The smallest absolute Gasteiger partial charge is 0.444 e.